The molecule has 1 aromatic carbocycles. The van der Waals surface area contributed by atoms with Gasteiger partial charge in [-0.15, -0.1) is 0 Å². The van der Waals surface area contributed by atoms with Gasteiger partial charge in [0.15, 0.2) is 0 Å². The normalized spacial score (nSPS) is 12.6. The van der Waals surface area contributed by atoms with Crippen molar-refractivity contribution in [2.24, 2.45) is 5.92 Å². The molecule has 0 aliphatic rings. The lowest BCUT2D eigenvalue weighted by atomic mass is 10.1. The highest BCUT2D eigenvalue weighted by molar-refractivity contribution is 7.89. The third-order valence-electron chi connectivity index (χ3n) is 3.36. The Morgan fingerprint density at radius 3 is 2.25 bits per heavy atom. The fourth-order valence-electron chi connectivity index (χ4n) is 2.31. The summed E-state index contributed by atoms with van der Waals surface area (Å²) in [6, 6.07) is 6.56. The van der Waals surface area contributed by atoms with Crippen molar-refractivity contribution in [1.82, 2.24) is 4.31 Å². The zero-order valence-corrected chi connectivity index (χ0v) is 13.7. The van der Waals surface area contributed by atoms with Crippen molar-refractivity contribution < 1.29 is 8.42 Å². The van der Waals surface area contributed by atoms with Crippen molar-refractivity contribution >= 4 is 15.7 Å². The number of hydrogen-bond acceptors (Lipinski definition) is 3. The standard InChI is InChI=1S/C15H26N2O2S/c1-5-14(6-2)17(11-12(3)4)20(18,19)15-9-7-8-13(16)10-15/h7-10,12,14H,5-6,11,16H2,1-4H3. The van der Waals surface area contributed by atoms with Gasteiger partial charge in [0.1, 0.15) is 0 Å². The maximum absolute atomic E-state index is 12.8. The molecule has 0 bridgehead atoms. The summed E-state index contributed by atoms with van der Waals surface area (Å²) in [6.07, 6.45) is 1.62. The first kappa shape index (κ1) is 17.0. The molecule has 114 valence electrons. The van der Waals surface area contributed by atoms with Gasteiger partial charge in [-0.05, 0) is 37.0 Å². The number of anilines is 1. The molecule has 2 N–H and O–H groups in total. The zero-order valence-electron chi connectivity index (χ0n) is 12.8. The highest BCUT2D eigenvalue weighted by Gasteiger charge is 2.30. The van der Waals surface area contributed by atoms with Gasteiger partial charge in [0.05, 0.1) is 4.90 Å². The molecule has 0 atom stereocenters. The van der Waals surface area contributed by atoms with Gasteiger partial charge in [-0.2, -0.15) is 4.31 Å². The second kappa shape index (κ2) is 7.09. The Bertz CT molecular complexity index is 522. The van der Waals surface area contributed by atoms with Crippen molar-refractivity contribution in [2.75, 3.05) is 12.3 Å². The summed E-state index contributed by atoms with van der Waals surface area (Å²) in [6.45, 7) is 8.64. The number of nitrogens with zero attached hydrogens (tertiary/aromatic N) is 1. The molecule has 0 fully saturated rings. The van der Waals surface area contributed by atoms with Crippen LogP contribution in [0.25, 0.3) is 0 Å². The van der Waals surface area contributed by atoms with E-state index in [-0.39, 0.29) is 16.9 Å². The van der Waals surface area contributed by atoms with E-state index in [4.69, 9.17) is 5.73 Å². The van der Waals surface area contributed by atoms with Gasteiger partial charge in [0.2, 0.25) is 10.0 Å². The fraction of sp³-hybridized carbons (Fsp3) is 0.600. The van der Waals surface area contributed by atoms with Crippen LogP contribution < -0.4 is 5.73 Å². The summed E-state index contributed by atoms with van der Waals surface area (Å²) in [5.41, 5.74) is 6.19. The SMILES string of the molecule is CCC(CC)N(CC(C)C)S(=O)(=O)c1cccc(N)c1. The van der Waals surface area contributed by atoms with E-state index in [0.717, 1.165) is 12.8 Å². The van der Waals surface area contributed by atoms with E-state index in [2.05, 4.69) is 0 Å². The molecule has 1 aromatic rings. The smallest absolute Gasteiger partial charge is 0.243 e. The van der Waals surface area contributed by atoms with E-state index in [1.165, 1.54) is 6.07 Å². The first-order valence-electron chi connectivity index (χ1n) is 7.20. The second-order valence-corrected chi connectivity index (χ2v) is 7.40. The van der Waals surface area contributed by atoms with Crippen LogP contribution in [0, 0.1) is 5.92 Å². The van der Waals surface area contributed by atoms with Gasteiger partial charge in [-0.1, -0.05) is 33.8 Å². The summed E-state index contributed by atoms with van der Waals surface area (Å²) >= 11 is 0. The molecule has 0 aliphatic heterocycles. The number of benzene rings is 1. The first-order chi connectivity index (χ1) is 9.32. The first-order valence-corrected chi connectivity index (χ1v) is 8.64. The molecule has 4 nitrogen and oxygen atoms in total. The summed E-state index contributed by atoms with van der Waals surface area (Å²) in [5, 5.41) is 0. The molecule has 1 rings (SSSR count). The lowest BCUT2D eigenvalue weighted by Crippen LogP contribution is -2.41. The van der Waals surface area contributed by atoms with E-state index >= 15 is 0 Å². The van der Waals surface area contributed by atoms with Gasteiger partial charge in [-0.3, -0.25) is 0 Å². The number of rotatable bonds is 7. The molecular formula is C15H26N2O2S. The van der Waals surface area contributed by atoms with Crippen molar-refractivity contribution in [3.05, 3.63) is 24.3 Å². The van der Waals surface area contributed by atoms with Crippen LogP contribution in [0.2, 0.25) is 0 Å². The quantitative estimate of drug-likeness (QED) is 0.787. The Kier molecular flexibility index (Phi) is 6.02. The van der Waals surface area contributed by atoms with Crippen molar-refractivity contribution in [1.29, 1.82) is 0 Å². The van der Waals surface area contributed by atoms with Crippen molar-refractivity contribution in [2.45, 2.75) is 51.5 Å². The Labute approximate surface area is 123 Å². The molecule has 0 aromatic heterocycles. The highest BCUT2D eigenvalue weighted by Crippen LogP contribution is 2.24. The number of nitrogen functional groups attached to an aromatic ring is 1. The minimum absolute atomic E-state index is 0.0313. The predicted octanol–water partition coefficient (Wildman–Crippen LogP) is 3.10. The Hall–Kier alpha value is -1.07. The molecule has 0 saturated heterocycles. The van der Waals surface area contributed by atoms with Crippen LogP contribution in [0.1, 0.15) is 40.5 Å². The average Bonchev–Trinajstić information content (AvgIpc) is 2.38. The van der Waals surface area contributed by atoms with Crippen LogP contribution in [0.3, 0.4) is 0 Å². The predicted molar refractivity (Wildman–Crippen MR) is 84.0 cm³/mol. The Morgan fingerprint density at radius 1 is 1.20 bits per heavy atom. The number of hydrogen-bond donors (Lipinski definition) is 1. The van der Waals surface area contributed by atoms with E-state index in [0.29, 0.717) is 12.2 Å². The lowest BCUT2D eigenvalue weighted by Gasteiger charge is -2.31. The number of nitrogens with two attached hydrogens (primary N) is 1. The van der Waals surface area contributed by atoms with Gasteiger partial charge in [-0.25, -0.2) is 8.42 Å². The largest absolute Gasteiger partial charge is 0.399 e. The molecular weight excluding hydrogens is 272 g/mol. The van der Waals surface area contributed by atoms with E-state index in [1.807, 2.05) is 27.7 Å². The van der Waals surface area contributed by atoms with Gasteiger partial charge < -0.3 is 5.73 Å². The Morgan fingerprint density at radius 2 is 1.80 bits per heavy atom. The number of sulfonamides is 1. The lowest BCUT2D eigenvalue weighted by molar-refractivity contribution is 0.277. The molecule has 0 aliphatic carbocycles. The Balaban J connectivity index is 3.23. The summed E-state index contributed by atoms with van der Waals surface area (Å²) in [5.74, 6) is 0.284. The van der Waals surface area contributed by atoms with Crippen LogP contribution in [-0.2, 0) is 10.0 Å². The van der Waals surface area contributed by atoms with Crippen LogP contribution in [-0.4, -0.2) is 25.3 Å². The topological polar surface area (TPSA) is 63.4 Å². The van der Waals surface area contributed by atoms with E-state index in [1.54, 1.807) is 22.5 Å². The maximum atomic E-state index is 12.8. The average molecular weight is 298 g/mol. The fourth-order valence-corrected chi connectivity index (χ4v) is 4.30. The van der Waals surface area contributed by atoms with Crippen molar-refractivity contribution in [3.63, 3.8) is 0 Å². The highest BCUT2D eigenvalue weighted by atomic mass is 32.2. The molecule has 0 radical (unpaired) electrons. The third kappa shape index (κ3) is 3.96. The minimum atomic E-state index is -3.49. The molecule has 0 heterocycles. The molecule has 5 heteroatoms. The van der Waals surface area contributed by atoms with Crippen LogP contribution in [0.5, 0.6) is 0 Å². The minimum Gasteiger partial charge on any atom is -0.399 e. The van der Waals surface area contributed by atoms with Gasteiger partial charge in [0, 0.05) is 18.3 Å². The summed E-state index contributed by atoms with van der Waals surface area (Å²) in [4.78, 5) is 0.282. The second-order valence-electron chi connectivity index (χ2n) is 5.51. The monoisotopic (exact) mass is 298 g/mol. The zero-order chi connectivity index (χ0) is 15.3. The van der Waals surface area contributed by atoms with Crippen LogP contribution >= 0.6 is 0 Å². The van der Waals surface area contributed by atoms with Crippen molar-refractivity contribution in [3.8, 4) is 0 Å². The van der Waals surface area contributed by atoms with Crippen LogP contribution in [0.4, 0.5) is 5.69 Å². The summed E-state index contributed by atoms with van der Waals surface area (Å²) < 4.78 is 27.3. The van der Waals surface area contributed by atoms with Gasteiger partial charge in [0.25, 0.3) is 0 Å². The molecule has 0 unspecified atom stereocenters. The molecule has 0 spiro atoms. The molecule has 0 amide bonds. The van der Waals surface area contributed by atoms with Crippen LogP contribution in [0.15, 0.2) is 29.2 Å². The van der Waals surface area contributed by atoms with Gasteiger partial charge >= 0.3 is 0 Å². The molecule has 20 heavy (non-hydrogen) atoms. The van der Waals surface area contributed by atoms with E-state index in [9.17, 15) is 8.42 Å². The molecule has 0 saturated carbocycles. The summed E-state index contributed by atoms with van der Waals surface area (Å²) in [7, 11) is -3.49. The van der Waals surface area contributed by atoms with E-state index < -0.39 is 10.0 Å². The maximum Gasteiger partial charge on any atom is 0.243 e. The third-order valence-corrected chi connectivity index (χ3v) is 5.27.